The van der Waals surface area contributed by atoms with E-state index in [1.165, 1.54) is 0 Å². The Morgan fingerprint density at radius 1 is 1.33 bits per heavy atom. The van der Waals surface area contributed by atoms with Gasteiger partial charge < -0.3 is 14.8 Å². The second-order valence-corrected chi connectivity index (χ2v) is 5.27. The smallest absolute Gasteiger partial charge is 0.234 e. The normalized spacial score (nSPS) is 14.1. The van der Waals surface area contributed by atoms with Crippen LogP contribution in [0.4, 0.5) is 0 Å². The standard InChI is InChI=1S/C16H24N2O3/c1-4-17-16(19)11-18(13-5-6-13)10-12-9-14(20-2)7-8-15(12)21-3/h7-9,13H,4-6,10-11H2,1-3H3,(H,17,19). The van der Waals surface area contributed by atoms with Crippen LogP contribution in [0.3, 0.4) is 0 Å². The van der Waals surface area contributed by atoms with Gasteiger partial charge in [-0.05, 0) is 38.0 Å². The second kappa shape index (κ2) is 7.31. The lowest BCUT2D eigenvalue weighted by atomic mass is 10.1. The number of methoxy groups -OCH3 is 2. The number of hydrogen-bond acceptors (Lipinski definition) is 4. The second-order valence-electron chi connectivity index (χ2n) is 5.27. The maximum atomic E-state index is 11.8. The number of carbonyl (C=O) groups is 1. The van der Waals surface area contributed by atoms with Gasteiger partial charge in [0.1, 0.15) is 11.5 Å². The SMILES string of the molecule is CCNC(=O)CN(Cc1cc(OC)ccc1OC)C1CC1. The first-order valence-corrected chi connectivity index (χ1v) is 7.39. The molecule has 116 valence electrons. The average molecular weight is 292 g/mol. The van der Waals surface area contributed by atoms with Gasteiger partial charge in [0.05, 0.1) is 20.8 Å². The van der Waals surface area contributed by atoms with Crippen molar-refractivity contribution < 1.29 is 14.3 Å². The van der Waals surface area contributed by atoms with Crippen LogP contribution >= 0.6 is 0 Å². The van der Waals surface area contributed by atoms with Gasteiger partial charge in [-0.2, -0.15) is 0 Å². The summed E-state index contributed by atoms with van der Waals surface area (Å²) in [6.45, 7) is 3.73. The molecule has 1 fully saturated rings. The van der Waals surface area contributed by atoms with Crippen LogP contribution in [0, 0.1) is 0 Å². The third-order valence-corrected chi connectivity index (χ3v) is 3.64. The molecule has 1 amide bonds. The molecule has 0 aromatic heterocycles. The molecule has 0 saturated heterocycles. The number of carbonyl (C=O) groups excluding carboxylic acids is 1. The number of benzene rings is 1. The predicted octanol–water partition coefficient (Wildman–Crippen LogP) is 1.80. The van der Waals surface area contributed by atoms with Gasteiger partial charge in [-0.3, -0.25) is 9.69 Å². The fraction of sp³-hybridized carbons (Fsp3) is 0.562. The lowest BCUT2D eigenvalue weighted by molar-refractivity contribution is -0.122. The molecule has 5 nitrogen and oxygen atoms in total. The van der Waals surface area contributed by atoms with Crippen LogP contribution in [0.15, 0.2) is 18.2 Å². The van der Waals surface area contributed by atoms with Crippen molar-refractivity contribution in [1.82, 2.24) is 10.2 Å². The first kappa shape index (κ1) is 15.6. The summed E-state index contributed by atoms with van der Waals surface area (Å²) in [5.41, 5.74) is 1.05. The zero-order valence-electron chi connectivity index (χ0n) is 13.0. The molecule has 21 heavy (non-hydrogen) atoms. The van der Waals surface area contributed by atoms with Crippen LogP contribution in [0.1, 0.15) is 25.3 Å². The van der Waals surface area contributed by atoms with Crippen LogP contribution in [-0.2, 0) is 11.3 Å². The largest absolute Gasteiger partial charge is 0.497 e. The molecule has 2 rings (SSSR count). The van der Waals surface area contributed by atoms with E-state index in [4.69, 9.17) is 9.47 Å². The molecule has 5 heteroatoms. The van der Waals surface area contributed by atoms with Gasteiger partial charge >= 0.3 is 0 Å². The highest BCUT2D eigenvalue weighted by molar-refractivity contribution is 5.78. The maximum absolute atomic E-state index is 11.8. The van der Waals surface area contributed by atoms with Gasteiger partial charge in [0.15, 0.2) is 0 Å². The summed E-state index contributed by atoms with van der Waals surface area (Å²) in [7, 11) is 3.31. The molecule has 1 aliphatic rings. The third kappa shape index (κ3) is 4.36. The number of rotatable bonds is 8. The number of ether oxygens (including phenoxy) is 2. The molecule has 0 atom stereocenters. The van der Waals surface area contributed by atoms with Crippen molar-refractivity contribution >= 4 is 5.91 Å². The highest BCUT2D eigenvalue weighted by atomic mass is 16.5. The highest BCUT2D eigenvalue weighted by Gasteiger charge is 2.30. The molecule has 0 aliphatic heterocycles. The Morgan fingerprint density at radius 3 is 2.67 bits per heavy atom. The van der Waals surface area contributed by atoms with Crippen LogP contribution in [0.25, 0.3) is 0 Å². The minimum absolute atomic E-state index is 0.0752. The summed E-state index contributed by atoms with van der Waals surface area (Å²) in [6, 6.07) is 6.27. The number of likely N-dealkylation sites (N-methyl/N-ethyl adjacent to an activating group) is 1. The topological polar surface area (TPSA) is 50.8 Å². The van der Waals surface area contributed by atoms with E-state index in [1.54, 1.807) is 14.2 Å². The lowest BCUT2D eigenvalue weighted by Gasteiger charge is -2.22. The van der Waals surface area contributed by atoms with Crippen molar-refractivity contribution in [3.63, 3.8) is 0 Å². The fourth-order valence-electron chi connectivity index (χ4n) is 2.42. The van der Waals surface area contributed by atoms with E-state index in [2.05, 4.69) is 10.2 Å². The summed E-state index contributed by atoms with van der Waals surface area (Å²) in [5.74, 6) is 1.71. The Morgan fingerprint density at radius 2 is 2.10 bits per heavy atom. The Balaban J connectivity index is 2.10. The molecular formula is C16H24N2O3. The molecule has 1 aliphatic carbocycles. The van der Waals surface area contributed by atoms with E-state index in [9.17, 15) is 4.79 Å². The monoisotopic (exact) mass is 292 g/mol. The predicted molar refractivity (Wildman–Crippen MR) is 81.7 cm³/mol. The summed E-state index contributed by atoms with van der Waals surface area (Å²) < 4.78 is 10.7. The molecule has 0 unspecified atom stereocenters. The first-order chi connectivity index (χ1) is 10.2. The minimum Gasteiger partial charge on any atom is -0.497 e. The lowest BCUT2D eigenvalue weighted by Crippen LogP contribution is -2.38. The van der Waals surface area contributed by atoms with Gasteiger partial charge in [0.2, 0.25) is 5.91 Å². The first-order valence-electron chi connectivity index (χ1n) is 7.39. The van der Waals surface area contributed by atoms with Crippen molar-refractivity contribution in [2.45, 2.75) is 32.4 Å². The van der Waals surface area contributed by atoms with Crippen molar-refractivity contribution in [1.29, 1.82) is 0 Å². The van der Waals surface area contributed by atoms with E-state index >= 15 is 0 Å². The zero-order chi connectivity index (χ0) is 15.2. The van der Waals surface area contributed by atoms with Gasteiger partial charge in [-0.25, -0.2) is 0 Å². The molecule has 1 saturated carbocycles. The van der Waals surface area contributed by atoms with Crippen LogP contribution in [-0.4, -0.2) is 44.2 Å². The van der Waals surface area contributed by atoms with Crippen molar-refractivity contribution in [3.05, 3.63) is 23.8 Å². The summed E-state index contributed by atoms with van der Waals surface area (Å²) in [6.07, 6.45) is 2.32. The van der Waals surface area contributed by atoms with Gasteiger partial charge in [-0.15, -0.1) is 0 Å². The summed E-state index contributed by atoms with van der Waals surface area (Å²) in [5, 5.41) is 2.86. The minimum atomic E-state index is 0.0752. The van der Waals surface area contributed by atoms with E-state index in [-0.39, 0.29) is 5.91 Å². The molecule has 0 heterocycles. The van der Waals surface area contributed by atoms with Gasteiger partial charge in [0.25, 0.3) is 0 Å². The van der Waals surface area contributed by atoms with Crippen molar-refractivity contribution in [2.75, 3.05) is 27.3 Å². The molecular weight excluding hydrogens is 268 g/mol. The number of amides is 1. The average Bonchev–Trinajstić information content (AvgIpc) is 3.31. The van der Waals surface area contributed by atoms with Crippen LogP contribution in [0.5, 0.6) is 11.5 Å². The number of nitrogens with zero attached hydrogens (tertiary/aromatic N) is 1. The van der Waals surface area contributed by atoms with Crippen LogP contribution in [0.2, 0.25) is 0 Å². The number of hydrogen-bond donors (Lipinski definition) is 1. The van der Waals surface area contributed by atoms with E-state index in [0.29, 0.717) is 25.7 Å². The van der Waals surface area contributed by atoms with E-state index in [1.807, 2.05) is 25.1 Å². The van der Waals surface area contributed by atoms with Crippen molar-refractivity contribution in [2.24, 2.45) is 0 Å². The van der Waals surface area contributed by atoms with Crippen molar-refractivity contribution in [3.8, 4) is 11.5 Å². The molecule has 0 bridgehead atoms. The number of nitrogens with one attached hydrogen (secondary N) is 1. The quantitative estimate of drug-likeness (QED) is 0.794. The Hall–Kier alpha value is -1.75. The fourth-order valence-corrected chi connectivity index (χ4v) is 2.42. The summed E-state index contributed by atoms with van der Waals surface area (Å²) in [4.78, 5) is 14.1. The van der Waals surface area contributed by atoms with Crippen LogP contribution < -0.4 is 14.8 Å². The Bertz CT molecular complexity index is 486. The Kier molecular flexibility index (Phi) is 5.44. The molecule has 1 N–H and O–H groups in total. The highest BCUT2D eigenvalue weighted by Crippen LogP contribution is 2.31. The molecule has 0 radical (unpaired) electrons. The maximum Gasteiger partial charge on any atom is 0.234 e. The van der Waals surface area contributed by atoms with E-state index in [0.717, 1.165) is 29.9 Å². The van der Waals surface area contributed by atoms with Gasteiger partial charge in [0, 0.05) is 24.7 Å². The summed E-state index contributed by atoms with van der Waals surface area (Å²) >= 11 is 0. The Labute approximate surface area is 126 Å². The molecule has 1 aromatic carbocycles. The molecule has 1 aromatic rings. The molecule has 0 spiro atoms. The van der Waals surface area contributed by atoms with E-state index < -0.39 is 0 Å². The zero-order valence-corrected chi connectivity index (χ0v) is 13.0. The third-order valence-electron chi connectivity index (χ3n) is 3.64. The van der Waals surface area contributed by atoms with Gasteiger partial charge in [-0.1, -0.05) is 0 Å².